The summed E-state index contributed by atoms with van der Waals surface area (Å²) in [5, 5.41) is 18.9. The van der Waals surface area contributed by atoms with Crippen LogP contribution in [0.25, 0.3) is 0 Å². The van der Waals surface area contributed by atoms with Gasteiger partial charge in [0.05, 0.1) is 12.5 Å². The first-order chi connectivity index (χ1) is 7.83. The number of carboxylic acid groups (broad SMARTS) is 1. The highest BCUT2D eigenvalue weighted by atomic mass is 16.5. The van der Waals surface area contributed by atoms with Gasteiger partial charge in [0.25, 0.3) is 0 Å². The molecule has 0 spiro atoms. The molecular formula is C13H18O4. The molecule has 4 heteroatoms. The Bertz CT molecular complexity index is 425. The lowest BCUT2D eigenvalue weighted by Gasteiger charge is -2.29. The van der Waals surface area contributed by atoms with Crippen molar-refractivity contribution in [1.29, 1.82) is 0 Å². The molecule has 0 saturated heterocycles. The van der Waals surface area contributed by atoms with E-state index in [0.717, 1.165) is 0 Å². The SMILES string of the molecule is COc1cc(C(C)(C(=O)O)C(C)C)ccc1O. The zero-order chi connectivity index (χ0) is 13.2. The predicted octanol–water partition coefficient (Wildman–Crippen LogP) is 2.40. The largest absolute Gasteiger partial charge is 0.504 e. The Balaban J connectivity index is 3.35. The number of hydrogen-bond acceptors (Lipinski definition) is 3. The van der Waals surface area contributed by atoms with Crippen LogP contribution in [0.15, 0.2) is 18.2 Å². The van der Waals surface area contributed by atoms with Gasteiger partial charge in [0.1, 0.15) is 0 Å². The van der Waals surface area contributed by atoms with Crippen molar-refractivity contribution in [2.75, 3.05) is 7.11 Å². The number of aliphatic carboxylic acids is 1. The standard InChI is InChI=1S/C13H18O4/c1-8(2)13(3,12(15)16)9-5-6-10(14)11(7-9)17-4/h5-8,14H,1-4H3,(H,15,16). The van der Waals surface area contributed by atoms with Crippen molar-refractivity contribution in [1.82, 2.24) is 0 Å². The van der Waals surface area contributed by atoms with Gasteiger partial charge in [-0.2, -0.15) is 0 Å². The van der Waals surface area contributed by atoms with E-state index < -0.39 is 11.4 Å². The minimum absolute atomic E-state index is 0.00717. The number of hydrogen-bond donors (Lipinski definition) is 2. The van der Waals surface area contributed by atoms with Crippen molar-refractivity contribution < 1.29 is 19.7 Å². The van der Waals surface area contributed by atoms with Gasteiger partial charge in [0.2, 0.25) is 0 Å². The Labute approximate surface area is 101 Å². The van der Waals surface area contributed by atoms with E-state index in [1.165, 1.54) is 13.2 Å². The van der Waals surface area contributed by atoms with Crippen LogP contribution in [0.1, 0.15) is 26.3 Å². The molecule has 17 heavy (non-hydrogen) atoms. The molecule has 1 aromatic rings. The van der Waals surface area contributed by atoms with Crippen molar-refractivity contribution in [2.24, 2.45) is 5.92 Å². The molecule has 1 aromatic carbocycles. The smallest absolute Gasteiger partial charge is 0.314 e. The molecule has 1 unspecified atom stereocenters. The number of carboxylic acids is 1. The second-order valence-corrected chi connectivity index (χ2v) is 4.55. The zero-order valence-corrected chi connectivity index (χ0v) is 10.5. The van der Waals surface area contributed by atoms with Crippen LogP contribution in [0.5, 0.6) is 11.5 Å². The van der Waals surface area contributed by atoms with Crippen LogP contribution >= 0.6 is 0 Å². The van der Waals surface area contributed by atoms with Gasteiger partial charge in [-0.15, -0.1) is 0 Å². The molecule has 1 atom stereocenters. The molecule has 0 aromatic heterocycles. The maximum atomic E-state index is 11.4. The Morgan fingerprint density at radius 2 is 2.00 bits per heavy atom. The van der Waals surface area contributed by atoms with Crippen molar-refractivity contribution >= 4 is 5.97 Å². The summed E-state index contributed by atoms with van der Waals surface area (Å²) in [5.41, 5.74) is -0.379. The van der Waals surface area contributed by atoms with E-state index in [4.69, 9.17) is 4.74 Å². The third-order valence-electron chi connectivity index (χ3n) is 3.38. The number of phenols is 1. The summed E-state index contributed by atoms with van der Waals surface area (Å²) in [4.78, 5) is 11.4. The second kappa shape index (κ2) is 4.65. The number of rotatable bonds is 4. The first kappa shape index (κ1) is 13.4. The fourth-order valence-electron chi connectivity index (χ4n) is 1.70. The van der Waals surface area contributed by atoms with Crippen molar-refractivity contribution in [2.45, 2.75) is 26.2 Å². The Hall–Kier alpha value is -1.71. The van der Waals surface area contributed by atoms with Gasteiger partial charge >= 0.3 is 5.97 Å². The highest BCUT2D eigenvalue weighted by Gasteiger charge is 2.38. The van der Waals surface area contributed by atoms with Gasteiger partial charge in [-0.05, 0) is 30.5 Å². The minimum atomic E-state index is -0.999. The van der Waals surface area contributed by atoms with Crippen LogP contribution in [0.2, 0.25) is 0 Å². The number of phenolic OH excluding ortho intramolecular Hbond substituents is 1. The molecule has 4 nitrogen and oxygen atoms in total. The van der Waals surface area contributed by atoms with Crippen molar-refractivity contribution in [3.05, 3.63) is 23.8 Å². The van der Waals surface area contributed by atoms with E-state index in [0.29, 0.717) is 5.56 Å². The van der Waals surface area contributed by atoms with E-state index >= 15 is 0 Å². The zero-order valence-electron chi connectivity index (χ0n) is 10.5. The molecule has 0 heterocycles. The van der Waals surface area contributed by atoms with Crippen LogP contribution in [-0.4, -0.2) is 23.3 Å². The molecule has 0 saturated carbocycles. The summed E-state index contributed by atoms with van der Waals surface area (Å²) in [6.07, 6.45) is 0. The lowest BCUT2D eigenvalue weighted by atomic mass is 9.73. The number of carbonyl (C=O) groups is 1. The summed E-state index contributed by atoms with van der Waals surface area (Å²) in [7, 11) is 1.44. The first-order valence-electron chi connectivity index (χ1n) is 5.45. The average Bonchev–Trinajstić information content (AvgIpc) is 2.28. The summed E-state index contributed by atoms with van der Waals surface area (Å²) in [6, 6.07) is 4.65. The lowest BCUT2D eigenvalue weighted by molar-refractivity contribution is -0.145. The van der Waals surface area contributed by atoms with Crippen LogP contribution in [0.4, 0.5) is 0 Å². The summed E-state index contributed by atoms with van der Waals surface area (Å²) in [5.74, 6) is -0.669. The quantitative estimate of drug-likeness (QED) is 0.845. The second-order valence-electron chi connectivity index (χ2n) is 4.55. The van der Waals surface area contributed by atoms with E-state index in [2.05, 4.69) is 0 Å². The monoisotopic (exact) mass is 238 g/mol. The molecule has 2 N–H and O–H groups in total. The molecule has 0 aliphatic rings. The van der Waals surface area contributed by atoms with Crippen molar-refractivity contribution in [3.63, 3.8) is 0 Å². The molecule has 0 aliphatic carbocycles. The van der Waals surface area contributed by atoms with Crippen LogP contribution < -0.4 is 4.74 Å². The molecule has 0 fully saturated rings. The van der Waals surface area contributed by atoms with E-state index in [1.807, 2.05) is 13.8 Å². The molecule has 0 radical (unpaired) electrons. The number of benzene rings is 1. The normalized spacial score (nSPS) is 14.4. The fraction of sp³-hybridized carbons (Fsp3) is 0.462. The number of methoxy groups -OCH3 is 1. The summed E-state index contributed by atoms with van der Waals surface area (Å²) < 4.78 is 5.00. The maximum absolute atomic E-state index is 11.4. The van der Waals surface area contributed by atoms with E-state index in [9.17, 15) is 15.0 Å². The number of aromatic hydroxyl groups is 1. The fourth-order valence-corrected chi connectivity index (χ4v) is 1.70. The molecule has 0 bridgehead atoms. The minimum Gasteiger partial charge on any atom is -0.504 e. The van der Waals surface area contributed by atoms with E-state index in [1.54, 1.807) is 19.1 Å². The topological polar surface area (TPSA) is 66.8 Å². The van der Waals surface area contributed by atoms with Crippen LogP contribution in [0, 0.1) is 5.92 Å². The van der Waals surface area contributed by atoms with Gasteiger partial charge < -0.3 is 14.9 Å². The summed E-state index contributed by atoms with van der Waals surface area (Å²) >= 11 is 0. The summed E-state index contributed by atoms with van der Waals surface area (Å²) in [6.45, 7) is 5.38. The Morgan fingerprint density at radius 1 is 1.41 bits per heavy atom. The van der Waals surface area contributed by atoms with Gasteiger partial charge in [-0.1, -0.05) is 19.9 Å². The Kier molecular flexibility index (Phi) is 3.66. The first-order valence-corrected chi connectivity index (χ1v) is 5.45. The highest BCUT2D eigenvalue weighted by Crippen LogP contribution is 2.37. The Morgan fingerprint density at radius 3 is 2.41 bits per heavy atom. The van der Waals surface area contributed by atoms with Gasteiger partial charge in [-0.3, -0.25) is 4.79 Å². The average molecular weight is 238 g/mol. The number of ether oxygens (including phenoxy) is 1. The molecular weight excluding hydrogens is 220 g/mol. The van der Waals surface area contributed by atoms with Crippen LogP contribution in [-0.2, 0) is 10.2 Å². The molecule has 0 amide bonds. The van der Waals surface area contributed by atoms with Crippen LogP contribution in [0.3, 0.4) is 0 Å². The van der Waals surface area contributed by atoms with Crippen molar-refractivity contribution in [3.8, 4) is 11.5 Å². The molecule has 94 valence electrons. The third-order valence-corrected chi connectivity index (χ3v) is 3.38. The predicted molar refractivity (Wildman–Crippen MR) is 64.5 cm³/mol. The highest BCUT2D eigenvalue weighted by molar-refractivity contribution is 5.81. The molecule has 0 aliphatic heterocycles. The van der Waals surface area contributed by atoms with Gasteiger partial charge in [0.15, 0.2) is 11.5 Å². The third kappa shape index (κ3) is 2.20. The molecule has 1 rings (SSSR count). The lowest BCUT2D eigenvalue weighted by Crippen LogP contribution is -2.37. The van der Waals surface area contributed by atoms with Gasteiger partial charge in [-0.25, -0.2) is 0 Å². The maximum Gasteiger partial charge on any atom is 0.314 e. The van der Waals surface area contributed by atoms with E-state index in [-0.39, 0.29) is 17.4 Å². The van der Waals surface area contributed by atoms with Gasteiger partial charge in [0, 0.05) is 0 Å².